The number of sulfonamides is 1. The number of hydrogen-bond acceptors (Lipinski definition) is 8. The molecule has 2 aromatic rings. The molecule has 2 heterocycles. The number of anilines is 2. The Balaban J connectivity index is 1.65. The lowest BCUT2D eigenvalue weighted by molar-refractivity contribution is -0.119. The predicted octanol–water partition coefficient (Wildman–Crippen LogP) is 2.14. The van der Waals surface area contributed by atoms with Crippen LogP contribution in [0.15, 0.2) is 29.2 Å². The molecule has 12 heteroatoms. The third-order valence-electron chi connectivity index (χ3n) is 4.94. The number of carbonyl (C=O) groups is 3. The van der Waals surface area contributed by atoms with Gasteiger partial charge in [0.25, 0.3) is 5.91 Å². The van der Waals surface area contributed by atoms with Crippen molar-refractivity contribution in [1.82, 2.24) is 4.31 Å². The molecule has 1 saturated heterocycles. The van der Waals surface area contributed by atoms with E-state index in [1.165, 1.54) is 40.8 Å². The first-order valence-corrected chi connectivity index (χ1v) is 12.4. The summed E-state index contributed by atoms with van der Waals surface area (Å²) in [5, 5.41) is 5.50. The van der Waals surface area contributed by atoms with E-state index in [4.69, 9.17) is 9.47 Å². The summed E-state index contributed by atoms with van der Waals surface area (Å²) >= 11 is 1.25. The van der Waals surface area contributed by atoms with Crippen LogP contribution in [-0.4, -0.2) is 63.4 Å². The van der Waals surface area contributed by atoms with Crippen molar-refractivity contribution in [3.63, 3.8) is 0 Å². The number of thiophene rings is 1. The van der Waals surface area contributed by atoms with Gasteiger partial charge in [-0.05, 0) is 37.6 Å². The van der Waals surface area contributed by atoms with Crippen molar-refractivity contribution in [3.05, 3.63) is 40.3 Å². The Morgan fingerprint density at radius 3 is 2.52 bits per heavy atom. The van der Waals surface area contributed by atoms with Crippen LogP contribution in [0.5, 0.6) is 0 Å². The van der Waals surface area contributed by atoms with Gasteiger partial charge in [-0.1, -0.05) is 6.07 Å². The largest absolute Gasteiger partial charge is 0.452 e. The molecule has 3 rings (SSSR count). The molecule has 0 aliphatic carbocycles. The lowest BCUT2D eigenvalue weighted by Crippen LogP contribution is -2.40. The zero-order chi connectivity index (χ0) is 24.2. The molecule has 10 nitrogen and oxygen atoms in total. The second-order valence-corrected chi connectivity index (χ2v) is 10.5. The average Bonchev–Trinajstić information content (AvgIpc) is 3.05. The second kappa shape index (κ2) is 10.4. The maximum absolute atomic E-state index is 12.8. The van der Waals surface area contributed by atoms with E-state index in [9.17, 15) is 22.8 Å². The molecule has 0 bridgehead atoms. The van der Waals surface area contributed by atoms with Crippen molar-refractivity contribution in [3.8, 4) is 0 Å². The number of esters is 1. The summed E-state index contributed by atoms with van der Waals surface area (Å²) in [6.45, 7) is 5.48. The molecule has 1 aliphatic heterocycles. The minimum Gasteiger partial charge on any atom is -0.452 e. The van der Waals surface area contributed by atoms with Crippen LogP contribution in [0.3, 0.4) is 0 Å². The van der Waals surface area contributed by atoms with Crippen LogP contribution in [0.2, 0.25) is 0 Å². The Bertz CT molecular complexity index is 1170. The summed E-state index contributed by atoms with van der Waals surface area (Å²) in [5.74, 6) is -1.69. The number of carbonyl (C=O) groups excluding carboxylic acids is 3. The number of hydrogen-bond donors (Lipinski definition) is 2. The number of amides is 2. The third-order valence-corrected chi connectivity index (χ3v) is 7.96. The van der Waals surface area contributed by atoms with Gasteiger partial charge in [0.2, 0.25) is 15.9 Å². The van der Waals surface area contributed by atoms with Gasteiger partial charge in [-0.15, -0.1) is 11.3 Å². The van der Waals surface area contributed by atoms with Crippen molar-refractivity contribution < 1.29 is 32.3 Å². The van der Waals surface area contributed by atoms with E-state index in [0.29, 0.717) is 23.8 Å². The lowest BCUT2D eigenvalue weighted by Gasteiger charge is -2.26. The summed E-state index contributed by atoms with van der Waals surface area (Å²) in [4.78, 5) is 37.2. The lowest BCUT2D eigenvalue weighted by atomic mass is 10.1. The first kappa shape index (κ1) is 24.8. The van der Waals surface area contributed by atoms with Crippen LogP contribution in [0.1, 0.15) is 27.7 Å². The molecule has 0 radical (unpaired) electrons. The fraction of sp³-hybridized carbons (Fsp3) is 0.381. The van der Waals surface area contributed by atoms with Gasteiger partial charge in [0.15, 0.2) is 6.61 Å². The van der Waals surface area contributed by atoms with Crippen LogP contribution >= 0.6 is 11.3 Å². The zero-order valence-corrected chi connectivity index (χ0v) is 20.1. The molecular formula is C21H25N3O7S2. The van der Waals surface area contributed by atoms with E-state index in [0.717, 1.165) is 4.88 Å². The van der Waals surface area contributed by atoms with E-state index in [1.807, 2.05) is 6.92 Å². The first-order valence-electron chi connectivity index (χ1n) is 10.1. The average molecular weight is 496 g/mol. The summed E-state index contributed by atoms with van der Waals surface area (Å²) in [5.41, 5.74) is 1.13. The molecule has 1 fully saturated rings. The highest BCUT2D eigenvalue weighted by Crippen LogP contribution is 2.33. The standard InChI is InChI=1S/C21H25N3O7S2/c1-13-14(2)32-20(22-15(3)25)19(13)21(27)31-12-18(26)23-16-5-4-6-17(11-16)33(28,29)24-7-9-30-10-8-24/h4-6,11H,7-10,12H2,1-3H3,(H,22,25)(H,23,26). The van der Waals surface area contributed by atoms with Crippen LogP contribution in [0, 0.1) is 13.8 Å². The Labute approximate surface area is 195 Å². The van der Waals surface area contributed by atoms with Gasteiger partial charge in [0.1, 0.15) is 5.00 Å². The molecule has 0 spiro atoms. The van der Waals surface area contributed by atoms with Gasteiger partial charge < -0.3 is 20.1 Å². The van der Waals surface area contributed by atoms with Gasteiger partial charge in [-0.25, -0.2) is 13.2 Å². The molecule has 1 aliphatic rings. The molecule has 0 saturated carbocycles. The first-order chi connectivity index (χ1) is 15.6. The van der Waals surface area contributed by atoms with E-state index >= 15 is 0 Å². The highest BCUT2D eigenvalue weighted by molar-refractivity contribution is 7.89. The minimum atomic E-state index is -3.72. The monoisotopic (exact) mass is 495 g/mol. The summed E-state index contributed by atoms with van der Waals surface area (Å²) in [6.07, 6.45) is 0. The van der Waals surface area contributed by atoms with Gasteiger partial charge >= 0.3 is 5.97 Å². The topological polar surface area (TPSA) is 131 Å². The predicted molar refractivity (Wildman–Crippen MR) is 123 cm³/mol. The fourth-order valence-electron chi connectivity index (χ4n) is 3.19. The number of nitrogens with one attached hydrogen (secondary N) is 2. The Hall–Kier alpha value is -2.80. The van der Waals surface area contributed by atoms with Gasteiger partial charge in [-0.2, -0.15) is 4.31 Å². The maximum Gasteiger partial charge on any atom is 0.341 e. The van der Waals surface area contributed by atoms with Crippen LogP contribution in [0.4, 0.5) is 10.7 Å². The maximum atomic E-state index is 12.8. The Morgan fingerprint density at radius 1 is 1.15 bits per heavy atom. The molecular weight excluding hydrogens is 470 g/mol. The summed E-state index contributed by atoms with van der Waals surface area (Å²) in [7, 11) is -3.72. The molecule has 33 heavy (non-hydrogen) atoms. The minimum absolute atomic E-state index is 0.0449. The molecule has 178 valence electrons. The summed E-state index contributed by atoms with van der Waals surface area (Å²) in [6, 6.07) is 5.86. The van der Waals surface area contributed by atoms with Crippen molar-refractivity contribution in [2.24, 2.45) is 0 Å². The highest BCUT2D eigenvalue weighted by Gasteiger charge is 2.27. The van der Waals surface area contributed by atoms with Gasteiger partial charge in [0, 0.05) is 30.6 Å². The van der Waals surface area contributed by atoms with Gasteiger partial charge in [-0.3, -0.25) is 9.59 Å². The van der Waals surface area contributed by atoms with Gasteiger partial charge in [0.05, 0.1) is 23.7 Å². The van der Waals surface area contributed by atoms with Crippen LogP contribution in [-0.2, 0) is 29.1 Å². The number of rotatable bonds is 7. The van der Waals surface area contributed by atoms with E-state index in [-0.39, 0.29) is 35.1 Å². The van der Waals surface area contributed by atoms with Crippen molar-refractivity contribution in [2.45, 2.75) is 25.7 Å². The molecule has 0 atom stereocenters. The van der Waals surface area contributed by atoms with E-state index < -0.39 is 28.5 Å². The zero-order valence-electron chi connectivity index (χ0n) is 18.5. The number of nitrogens with zero attached hydrogens (tertiary/aromatic N) is 1. The SMILES string of the molecule is CC(=O)Nc1sc(C)c(C)c1C(=O)OCC(=O)Nc1cccc(S(=O)(=O)N2CCOCC2)c1. The molecule has 0 unspecified atom stereocenters. The summed E-state index contributed by atoms with van der Waals surface area (Å²) < 4.78 is 37.3. The Morgan fingerprint density at radius 2 is 1.85 bits per heavy atom. The van der Waals surface area contributed by atoms with Crippen molar-refractivity contribution >= 4 is 49.8 Å². The number of ether oxygens (including phenoxy) is 2. The highest BCUT2D eigenvalue weighted by atomic mass is 32.2. The second-order valence-electron chi connectivity index (χ2n) is 7.34. The quantitative estimate of drug-likeness (QED) is 0.563. The fourth-order valence-corrected chi connectivity index (χ4v) is 5.74. The van der Waals surface area contributed by atoms with Crippen LogP contribution < -0.4 is 10.6 Å². The number of morpholine rings is 1. The molecule has 1 aromatic carbocycles. The van der Waals surface area contributed by atoms with E-state index in [2.05, 4.69) is 10.6 Å². The Kier molecular flexibility index (Phi) is 7.84. The molecule has 2 N–H and O–H groups in total. The van der Waals surface area contributed by atoms with Crippen LogP contribution in [0.25, 0.3) is 0 Å². The molecule has 2 amide bonds. The smallest absolute Gasteiger partial charge is 0.341 e. The number of aryl methyl sites for hydroxylation is 1. The third kappa shape index (κ3) is 5.96. The van der Waals surface area contributed by atoms with Crippen molar-refractivity contribution in [1.29, 1.82) is 0 Å². The van der Waals surface area contributed by atoms with Crippen molar-refractivity contribution in [2.75, 3.05) is 43.5 Å². The number of benzene rings is 1. The molecule has 1 aromatic heterocycles. The normalized spacial score (nSPS) is 14.5. The van der Waals surface area contributed by atoms with E-state index in [1.54, 1.807) is 13.0 Å².